The fourth-order valence-electron chi connectivity index (χ4n) is 1.64. The number of unbranched alkanes of at least 4 members (excludes halogenated alkanes) is 1. The standard InChI is InChI=1S/C9H17N5OS/c10-3-1-2-4-14-9(11-12-13-14)8-7-16-6-5-15-8/h8H,1-7,10H2. The van der Waals surface area contributed by atoms with Crippen molar-refractivity contribution in [3.05, 3.63) is 5.82 Å². The summed E-state index contributed by atoms with van der Waals surface area (Å²) in [7, 11) is 0. The molecule has 2 rings (SSSR count). The third-order valence-electron chi connectivity index (χ3n) is 2.49. The number of nitrogens with two attached hydrogens (primary N) is 1. The lowest BCUT2D eigenvalue weighted by Crippen LogP contribution is -2.20. The number of aryl methyl sites for hydroxylation is 1. The molecular weight excluding hydrogens is 226 g/mol. The summed E-state index contributed by atoms with van der Waals surface area (Å²) in [5.41, 5.74) is 5.46. The van der Waals surface area contributed by atoms with Crippen molar-refractivity contribution in [2.75, 3.05) is 24.7 Å². The van der Waals surface area contributed by atoms with E-state index in [0.717, 1.165) is 43.3 Å². The molecule has 1 unspecified atom stereocenters. The maximum atomic E-state index is 5.66. The van der Waals surface area contributed by atoms with Crippen molar-refractivity contribution >= 4 is 11.8 Å². The van der Waals surface area contributed by atoms with E-state index in [4.69, 9.17) is 10.5 Å². The van der Waals surface area contributed by atoms with Gasteiger partial charge in [0.15, 0.2) is 5.82 Å². The van der Waals surface area contributed by atoms with Crippen molar-refractivity contribution < 1.29 is 4.74 Å². The second-order valence-electron chi connectivity index (χ2n) is 3.69. The van der Waals surface area contributed by atoms with E-state index in [1.165, 1.54) is 0 Å². The van der Waals surface area contributed by atoms with E-state index in [1.807, 2.05) is 16.4 Å². The molecule has 7 heteroatoms. The van der Waals surface area contributed by atoms with Crippen molar-refractivity contribution in [2.45, 2.75) is 25.5 Å². The van der Waals surface area contributed by atoms with Crippen molar-refractivity contribution in [3.63, 3.8) is 0 Å². The molecule has 0 amide bonds. The van der Waals surface area contributed by atoms with Crippen LogP contribution in [0.2, 0.25) is 0 Å². The first-order valence-electron chi connectivity index (χ1n) is 5.57. The van der Waals surface area contributed by atoms with E-state index in [1.54, 1.807) is 0 Å². The molecule has 2 N–H and O–H groups in total. The number of nitrogens with zero attached hydrogens (tertiary/aromatic N) is 4. The Bertz CT molecular complexity index is 313. The van der Waals surface area contributed by atoms with Gasteiger partial charge in [-0.25, -0.2) is 4.68 Å². The summed E-state index contributed by atoms with van der Waals surface area (Å²) in [6, 6.07) is 0. The van der Waals surface area contributed by atoms with Gasteiger partial charge in [0.05, 0.1) is 6.61 Å². The number of aromatic nitrogens is 4. The average molecular weight is 243 g/mol. The minimum atomic E-state index is 0.0478. The van der Waals surface area contributed by atoms with Crippen LogP contribution in [0.1, 0.15) is 24.8 Å². The van der Waals surface area contributed by atoms with Gasteiger partial charge in [0.1, 0.15) is 6.10 Å². The fraction of sp³-hybridized carbons (Fsp3) is 0.889. The van der Waals surface area contributed by atoms with Crippen LogP contribution < -0.4 is 5.73 Å². The Hall–Kier alpha value is -0.660. The van der Waals surface area contributed by atoms with E-state index >= 15 is 0 Å². The monoisotopic (exact) mass is 243 g/mol. The minimum absolute atomic E-state index is 0.0478. The smallest absolute Gasteiger partial charge is 0.181 e. The number of ether oxygens (including phenoxy) is 1. The summed E-state index contributed by atoms with van der Waals surface area (Å²) in [4.78, 5) is 0. The van der Waals surface area contributed by atoms with Crippen LogP contribution in [-0.2, 0) is 11.3 Å². The largest absolute Gasteiger partial charge is 0.368 e. The van der Waals surface area contributed by atoms with Gasteiger partial charge in [-0.15, -0.1) is 5.10 Å². The predicted octanol–water partition coefficient (Wildman–Crippen LogP) is 0.217. The SMILES string of the molecule is NCCCCn1nnnc1C1CSCCO1. The molecule has 1 atom stereocenters. The molecule has 0 radical (unpaired) electrons. The van der Waals surface area contributed by atoms with Crippen LogP contribution in [0.15, 0.2) is 0 Å². The van der Waals surface area contributed by atoms with Crippen molar-refractivity contribution in [1.29, 1.82) is 0 Å². The summed E-state index contributed by atoms with van der Waals surface area (Å²) in [5, 5.41) is 11.8. The Morgan fingerprint density at radius 2 is 2.44 bits per heavy atom. The normalized spacial score (nSPS) is 21.2. The molecule has 90 valence electrons. The Labute approximate surface area is 98.9 Å². The zero-order valence-corrected chi connectivity index (χ0v) is 10.0. The summed E-state index contributed by atoms with van der Waals surface area (Å²) in [6.45, 7) is 2.32. The number of hydrogen-bond donors (Lipinski definition) is 1. The molecule has 0 aliphatic carbocycles. The third kappa shape index (κ3) is 2.93. The molecule has 0 saturated carbocycles. The van der Waals surface area contributed by atoms with E-state index < -0.39 is 0 Å². The van der Waals surface area contributed by atoms with Crippen LogP contribution in [0.4, 0.5) is 0 Å². The molecule has 1 fully saturated rings. The van der Waals surface area contributed by atoms with Gasteiger partial charge in [-0.05, 0) is 29.8 Å². The Morgan fingerprint density at radius 1 is 1.50 bits per heavy atom. The minimum Gasteiger partial charge on any atom is -0.368 e. The molecule has 0 spiro atoms. The summed E-state index contributed by atoms with van der Waals surface area (Å²) in [6.07, 6.45) is 2.06. The lowest BCUT2D eigenvalue weighted by molar-refractivity contribution is 0.0657. The van der Waals surface area contributed by atoms with Gasteiger partial charge in [0.2, 0.25) is 0 Å². The average Bonchev–Trinajstić information content (AvgIpc) is 2.79. The first-order chi connectivity index (χ1) is 7.92. The third-order valence-corrected chi connectivity index (χ3v) is 3.48. The number of hydrogen-bond acceptors (Lipinski definition) is 6. The summed E-state index contributed by atoms with van der Waals surface area (Å²) >= 11 is 1.88. The van der Waals surface area contributed by atoms with Gasteiger partial charge in [-0.1, -0.05) is 0 Å². The van der Waals surface area contributed by atoms with Crippen LogP contribution in [0, 0.1) is 0 Å². The lowest BCUT2D eigenvalue weighted by Gasteiger charge is -2.21. The van der Waals surface area contributed by atoms with Crippen LogP contribution in [0.25, 0.3) is 0 Å². The zero-order valence-electron chi connectivity index (χ0n) is 9.21. The number of rotatable bonds is 5. The van der Waals surface area contributed by atoms with E-state index in [-0.39, 0.29) is 6.10 Å². The summed E-state index contributed by atoms with van der Waals surface area (Å²) < 4.78 is 7.50. The number of thioether (sulfide) groups is 1. The molecular formula is C9H17N5OS. The molecule has 1 aliphatic heterocycles. The molecule has 1 aromatic heterocycles. The Balaban J connectivity index is 1.94. The molecule has 1 saturated heterocycles. The van der Waals surface area contributed by atoms with Gasteiger partial charge in [-0.3, -0.25) is 0 Å². The maximum absolute atomic E-state index is 5.66. The van der Waals surface area contributed by atoms with Gasteiger partial charge in [-0.2, -0.15) is 11.8 Å². The molecule has 1 aliphatic rings. The highest BCUT2D eigenvalue weighted by Gasteiger charge is 2.22. The van der Waals surface area contributed by atoms with Gasteiger partial charge in [0.25, 0.3) is 0 Å². The van der Waals surface area contributed by atoms with Crippen molar-refractivity contribution in [1.82, 2.24) is 20.2 Å². The zero-order chi connectivity index (χ0) is 11.2. The van der Waals surface area contributed by atoms with E-state index in [2.05, 4.69) is 15.5 Å². The van der Waals surface area contributed by atoms with Crippen molar-refractivity contribution in [2.24, 2.45) is 5.73 Å². The van der Waals surface area contributed by atoms with Crippen LogP contribution >= 0.6 is 11.8 Å². The maximum Gasteiger partial charge on any atom is 0.181 e. The molecule has 6 nitrogen and oxygen atoms in total. The highest BCUT2D eigenvalue weighted by molar-refractivity contribution is 7.99. The van der Waals surface area contributed by atoms with Crippen LogP contribution in [0.5, 0.6) is 0 Å². The van der Waals surface area contributed by atoms with Gasteiger partial charge >= 0.3 is 0 Å². The molecule has 0 bridgehead atoms. The van der Waals surface area contributed by atoms with Gasteiger partial charge < -0.3 is 10.5 Å². The summed E-state index contributed by atoms with van der Waals surface area (Å²) in [5.74, 6) is 2.85. The van der Waals surface area contributed by atoms with Gasteiger partial charge in [0, 0.05) is 18.1 Å². The van der Waals surface area contributed by atoms with Crippen LogP contribution in [-0.4, -0.2) is 44.9 Å². The van der Waals surface area contributed by atoms with E-state index in [0.29, 0.717) is 6.54 Å². The molecule has 16 heavy (non-hydrogen) atoms. The number of tetrazole rings is 1. The van der Waals surface area contributed by atoms with Crippen LogP contribution in [0.3, 0.4) is 0 Å². The molecule has 0 aromatic carbocycles. The molecule has 2 heterocycles. The fourth-order valence-corrected chi connectivity index (χ4v) is 2.48. The first-order valence-corrected chi connectivity index (χ1v) is 6.73. The highest BCUT2D eigenvalue weighted by Crippen LogP contribution is 2.24. The van der Waals surface area contributed by atoms with Crippen molar-refractivity contribution in [3.8, 4) is 0 Å². The predicted molar refractivity (Wildman–Crippen MR) is 62.1 cm³/mol. The van der Waals surface area contributed by atoms with E-state index in [9.17, 15) is 0 Å². The quantitative estimate of drug-likeness (QED) is 0.745. The lowest BCUT2D eigenvalue weighted by atomic mass is 10.3. The second-order valence-corrected chi connectivity index (χ2v) is 4.84. The Morgan fingerprint density at radius 3 is 3.19 bits per heavy atom. The Kier molecular flexibility index (Phi) is 4.55. The molecule has 1 aromatic rings. The second kappa shape index (κ2) is 6.17. The highest BCUT2D eigenvalue weighted by atomic mass is 32.2. The topological polar surface area (TPSA) is 78.9 Å². The first kappa shape index (κ1) is 11.8.